The summed E-state index contributed by atoms with van der Waals surface area (Å²) in [5, 5.41) is 0. The Labute approximate surface area is 96.6 Å². The second-order valence-corrected chi connectivity index (χ2v) is 4.46. The highest BCUT2D eigenvalue weighted by molar-refractivity contribution is 5.78. The third-order valence-electron chi connectivity index (χ3n) is 2.53. The number of rotatable bonds is 3. The summed E-state index contributed by atoms with van der Waals surface area (Å²) < 4.78 is 5.26. The molecule has 1 aromatic rings. The van der Waals surface area contributed by atoms with Crippen molar-refractivity contribution in [1.29, 1.82) is 0 Å². The van der Waals surface area contributed by atoms with Gasteiger partial charge >= 0.3 is 5.97 Å². The molecule has 0 aliphatic rings. The van der Waals surface area contributed by atoms with Gasteiger partial charge in [0.05, 0.1) is 0 Å². The van der Waals surface area contributed by atoms with Crippen LogP contribution in [0.1, 0.15) is 25.0 Å². The number of hydrogen-bond acceptors (Lipinski definition) is 3. The first-order valence-corrected chi connectivity index (χ1v) is 5.46. The smallest absolute Gasteiger partial charge is 0.328 e. The largest absolute Gasteiger partial charge is 0.425 e. The lowest BCUT2D eigenvalue weighted by molar-refractivity contribution is -0.136. The molecule has 0 bridgehead atoms. The molecule has 0 saturated heterocycles. The zero-order valence-electron chi connectivity index (χ0n) is 10.3. The molecule has 16 heavy (non-hydrogen) atoms. The Morgan fingerprint density at radius 2 is 1.94 bits per heavy atom. The lowest BCUT2D eigenvalue weighted by Crippen LogP contribution is -2.38. The van der Waals surface area contributed by atoms with Crippen LogP contribution in [0.4, 0.5) is 0 Å². The van der Waals surface area contributed by atoms with Crippen LogP contribution in [0, 0.1) is 19.8 Å². The number of carbonyl (C=O) groups is 1. The lowest BCUT2D eigenvalue weighted by atomic mass is 10.1. The molecule has 3 nitrogen and oxygen atoms in total. The summed E-state index contributed by atoms with van der Waals surface area (Å²) >= 11 is 0. The molecule has 0 spiro atoms. The van der Waals surface area contributed by atoms with Crippen LogP contribution in [-0.4, -0.2) is 12.0 Å². The van der Waals surface area contributed by atoms with E-state index in [1.165, 1.54) is 0 Å². The maximum atomic E-state index is 11.6. The quantitative estimate of drug-likeness (QED) is 0.628. The standard InChI is InChI=1S/C13H19NO2/c1-8(2)12(14)13(15)16-11-6-5-9(3)7-10(11)4/h5-8,12H,14H2,1-4H3/t12-/m0/s1. The SMILES string of the molecule is Cc1ccc(OC(=O)[C@@H](N)C(C)C)c(C)c1. The molecule has 0 aromatic heterocycles. The molecule has 0 radical (unpaired) electrons. The highest BCUT2D eigenvalue weighted by atomic mass is 16.5. The van der Waals surface area contributed by atoms with Crippen molar-refractivity contribution in [2.75, 3.05) is 0 Å². The van der Waals surface area contributed by atoms with Crippen molar-refractivity contribution < 1.29 is 9.53 Å². The number of esters is 1. The average Bonchev–Trinajstić information content (AvgIpc) is 2.20. The third kappa shape index (κ3) is 3.07. The van der Waals surface area contributed by atoms with E-state index < -0.39 is 6.04 Å². The number of aryl methyl sites for hydroxylation is 2. The Balaban J connectivity index is 2.77. The van der Waals surface area contributed by atoms with Crippen molar-refractivity contribution in [1.82, 2.24) is 0 Å². The van der Waals surface area contributed by atoms with Crippen LogP contribution >= 0.6 is 0 Å². The van der Waals surface area contributed by atoms with E-state index in [0.29, 0.717) is 5.75 Å². The predicted molar refractivity (Wildman–Crippen MR) is 64.4 cm³/mol. The van der Waals surface area contributed by atoms with Gasteiger partial charge in [0.15, 0.2) is 0 Å². The summed E-state index contributed by atoms with van der Waals surface area (Å²) in [4.78, 5) is 11.6. The zero-order valence-corrected chi connectivity index (χ0v) is 10.3. The lowest BCUT2D eigenvalue weighted by Gasteiger charge is -2.15. The van der Waals surface area contributed by atoms with Crippen molar-refractivity contribution in [2.45, 2.75) is 33.7 Å². The van der Waals surface area contributed by atoms with Gasteiger partial charge in [-0.25, -0.2) is 4.79 Å². The maximum absolute atomic E-state index is 11.6. The highest BCUT2D eigenvalue weighted by Gasteiger charge is 2.19. The van der Waals surface area contributed by atoms with Crippen molar-refractivity contribution in [3.8, 4) is 5.75 Å². The van der Waals surface area contributed by atoms with Crippen LogP contribution in [0.5, 0.6) is 5.75 Å². The molecule has 0 heterocycles. The number of benzene rings is 1. The van der Waals surface area contributed by atoms with E-state index in [-0.39, 0.29) is 11.9 Å². The summed E-state index contributed by atoms with van der Waals surface area (Å²) in [6, 6.07) is 5.12. The average molecular weight is 221 g/mol. The van der Waals surface area contributed by atoms with Crippen LogP contribution in [0.15, 0.2) is 18.2 Å². The Bertz CT molecular complexity index is 386. The summed E-state index contributed by atoms with van der Waals surface area (Å²) in [6.45, 7) is 7.71. The van der Waals surface area contributed by atoms with E-state index in [9.17, 15) is 4.79 Å². The Kier molecular flexibility index (Phi) is 4.07. The fraction of sp³-hybridized carbons (Fsp3) is 0.462. The van der Waals surface area contributed by atoms with Gasteiger partial charge in [0.2, 0.25) is 0 Å². The summed E-state index contributed by atoms with van der Waals surface area (Å²) in [7, 11) is 0. The molecule has 88 valence electrons. The minimum absolute atomic E-state index is 0.0817. The number of ether oxygens (including phenoxy) is 1. The fourth-order valence-electron chi connectivity index (χ4n) is 1.36. The first-order chi connectivity index (χ1) is 7.41. The monoisotopic (exact) mass is 221 g/mol. The predicted octanol–water partition coefficient (Wildman–Crippen LogP) is 2.19. The van der Waals surface area contributed by atoms with Crippen LogP contribution < -0.4 is 10.5 Å². The molecule has 3 heteroatoms. The summed E-state index contributed by atoms with van der Waals surface area (Å²) in [5.41, 5.74) is 7.81. The molecular weight excluding hydrogens is 202 g/mol. The van der Waals surface area contributed by atoms with Crippen molar-refractivity contribution in [3.63, 3.8) is 0 Å². The van der Waals surface area contributed by atoms with E-state index >= 15 is 0 Å². The summed E-state index contributed by atoms with van der Waals surface area (Å²) in [6.07, 6.45) is 0. The molecule has 0 aliphatic heterocycles. The van der Waals surface area contributed by atoms with E-state index in [1.807, 2.05) is 39.8 Å². The van der Waals surface area contributed by atoms with E-state index in [4.69, 9.17) is 10.5 Å². The normalized spacial score (nSPS) is 12.6. The van der Waals surface area contributed by atoms with E-state index in [2.05, 4.69) is 0 Å². The second-order valence-electron chi connectivity index (χ2n) is 4.46. The molecule has 0 amide bonds. The molecule has 0 fully saturated rings. The van der Waals surface area contributed by atoms with Gasteiger partial charge in [0, 0.05) is 0 Å². The van der Waals surface area contributed by atoms with Crippen LogP contribution in [0.25, 0.3) is 0 Å². The maximum Gasteiger partial charge on any atom is 0.328 e. The van der Waals surface area contributed by atoms with Gasteiger partial charge in [-0.15, -0.1) is 0 Å². The van der Waals surface area contributed by atoms with Crippen molar-refractivity contribution >= 4 is 5.97 Å². The fourth-order valence-corrected chi connectivity index (χ4v) is 1.36. The minimum atomic E-state index is -0.569. The van der Waals surface area contributed by atoms with Gasteiger partial charge in [-0.3, -0.25) is 0 Å². The molecule has 1 atom stereocenters. The molecule has 1 rings (SSSR count). The molecule has 0 aliphatic carbocycles. The van der Waals surface area contributed by atoms with E-state index in [0.717, 1.165) is 11.1 Å². The molecule has 2 N–H and O–H groups in total. The first-order valence-electron chi connectivity index (χ1n) is 5.46. The number of hydrogen-bond donors (Lipinski definition) is 1. The van der Waals surface area contributed by atoms with Gasteiger partial charge in [-0.1, -0.05) is 31.5 Å². The van der Waals surface area contributed by atoms with Gasteiger partial charge in [0.1, 0.15) is 11.8 Å². The van der Waals surface area contributed by atoms with Crippen LogP contribution in [0.3, 0.4) is 0 Å². The van der Waals surface area contributed by atoms with Gasteiger partial charge in [-0.2, -0.15) is 0 Å². The first kappa shape index (κ1) is 12.7. The van der Waals surface area contributed by atoms with Gasteiger partial charge < -0.3 is 10.5 Å². The molecule has 0 unspecified atom stereocenters. The minimum Gasteiger partial charge on any atom is -0.425 e. The number of carbonyl (C=O) groups excluding carboxylic acids is 1. The molecular formula is C13H19NO2. The number of nitrogens with two attached hydrogens (primary N) is 1. The van der Waals surface area contributed by atoms with Gasteiger partial charge in [0.25, 0.3) is 0 Å². The van der Waals surface area contributed by atoms with Crippen LogP contribution in [-0.2, 0) is 4.79 Å². The topological polar surface area (TPSA) is 52.3 Å². The van der Waals surface area contributed by atoms with Crippen molar-refractivity contribution in [3.05, 3.63) is 29.3 Å². The van der Waals surface area contributed by atoms with Crippen molar-refractivity contribution in [2.24, 2.45) is 11.7 Å². The second kappa shape index (κ2) is 5.12. The Hall–Kier alpha value is -1.35. The molecule has 0 saturated carbocycles. The van der Waals surface area contributed by atoms with E-state index in [1.54, 1.807) is 6.07 Å². The van der Waals surface area contributed by atoms with Gasteiger partial charge in [-0.05, 0) is 31.4 Å². The zero-order chi connectivity index (χ0) is 12.3. The highest BCUT2D eigenvalue weighted by Crippen LogP contribution is 2.19. The summed E-state index contributed by atoms with van der Waals surface area (Å²) in [5.74, 6) is 0.298. The Morgan fingerprint density at radius 1 is 1.31 bits per heavy atom. The van der Waals surface area contributed by atoms with Crippen LogP contribution in [0.2, 0.25) is 0 Å². The Morgan fingerprint density at radius 3 is 2.44 bits per heavy atom. The molecule has 1 aromatic carbocycles. The third-order valence-corrected chi connectivity index (χ3v) is 2.53.